The molecule has 2 bridgehead atoms. The fourth-order valence-electron chi connectivity index (χ4n) is 2.75. The van der Waals surface area contributed by atoms with E-state index < -0.39 is 45.4 Å². The molecule has 0 spiro atoms. The Morgan fingerprint density at radius 2 is 1.52 bits per heavy atom. The summed E-state index contributed by atoms with van der Waals surface area (Å²) in [5.41, 5.74) is 0.733. The summed E-state index contributed by atoms with van der Waals surface area (Å²) in [7, 11) is 0. The zero-order chi connectivity index (χ0) is 22.8. The number of ether oxygens (including phenoxy) is 3. The summed E-state index contributed by atoms with van der Waals surface area (Å²) < 4.78 is 12.4. The predicted octanol–water partition coefficient (Wildman–Crippen LogP) is 5.85. The number of amides is 2. The van der Waals surface area contributed by atoms with E-state index >= 15 is 0 Å². The maximum absolute atomic E-state index is 12.7. The molecule has 31 heavy (non-hydrogen) atoms. The highest BCUT2D eigenvalue weighted by Crippen LogP contribution is 2.34. The fraction of sp³-hybridized carbons (Fsp3) is 0.333. The predicted molar refractivity (Wildman–Crippen MR) is 119 cm³/mol. The lowest BCUT2D eigenvalue weighted by atomic mass is 10.1. The number of benzene rings is 1. The number of carbonyl (C=O) groups is 2. The average Bonchev–Trinajstić information content (AvgIpc) is 2.69. The molecule has 0 saturated heterocycles. The Kier molecular flexibility index (Phi) is 7.66. The van der Waals surface area contributed by atoms with Crippen molar-refractivity contribution in [2.45, 2.75) is 20.0 Å². The number of nitrogens with zero attached hydrogens (tertiary/aromatic N) is 2. The zero-order valence-corrected chi connectivity index (χ0v) is 19.9. The van der Waals surface area contributed by atoms with Gasteiger partial charge in [0, 0.05) is 11.8 Å². The average molecular weight is 551 g/mol. The molecular formula is C18H14Cl6N2O5. The molecule has 0 aliphatic carbocycles. The van der Waals surface area contributed by atoms with E-state index in [1.165, 1.54) is 6.20 Å². The molecule has 1 aromatic carbocycles. The number of fused-ring (bicyclic) bond motifs is 2. The van der Waals surface area contributed by atoms with Crippen molar-refractivity contribution in [2.75, 3.05) is 13.2 Å². The maximum atomic E-state index is 12.7. The van der Waals surface area contributed by atoms with Crippen LogP contribution in [0.3, 0.4) is 0 Å². The molecule has 2 amide bonds. The maximum Gasteiger partial charge on any atom is 0.418 e. The zero-order valence-electron chi connectivity index (χ0n) is 15.4. The second-order valence-electron chi connectivity index (χ2n) is 6.33. The minimum Gasteiger partial charge on any atom is -0.451 e. The Morgan fingerprint density at radius 1 is 0.935 bits per heavy atom. The largest absolute Gasteiger partial charge is 0.451 e. The molecular weight excluding hydrogens is 537 g/mol. The van der Waals surface area contributed by atoms with Crippen molar-refractivity contribution in [1.29, 1.82) is 0 Å². The van der Waals surface area contributed by atoms with Crippen LogP contribution in [0.4, 0.5) is 9.59 Å². The summed E-state index contributed by atoms with van der Waals surface area (Å²) >= 11 is 33.9. The first-order chi connectivity index (χ1) is 14.4. The summed E-state index contributed by atoms with van der Waals surface area (Å²) in [4.78, 5) is 27.5. The number of hydrogen-bond donors (Lipinski definition) is 0. The van der Waals surface area contributed by atoms with Crippen LogP contribution in [0.25, 0.3) is 5.76 Å². The Labute approximate surface area is 207 Å². The highest BCUT2D eigenvalue weighted by atomic mass is 35.6. The van der Waals surface area contributed by atoms with Crippen molar-refractivity contribution >= 4 is 87.6 Å². The smallest absolute Gasteiger partial charge is 0.418 e. The van der Waals surface area contributed by atoms with Crippen molar-refractivity contribution in [2.24, 2.45) is 0 Å². The molecule has 0 unspecified atom stereocenters. The van der Waals surface area contributed by atoms with Gasteiger partial charge in [0.25, 0.3) is 6.35 Å². The SMILES string of the molecule is O=C(OCC(Cl)(Cl)Cl)N1C=C[C@@H]2C=C(c3ccccc3)O[C@H]1N2C(=O)OCC(Cl)(Cl)Cl. The minimum absolute atomic E-state index is 0.435. The monoisotopic (exact) mass is 548 g/mol. The van der Waals surface area contributed by atoms with Gasteiger partial charge in [0.2, 0.25) is 7.59 Å². The lowest BCUT2D eigenvalue weighted by molar-refractivity contribution is -0.0936. The quantitative estimate of drug-likeness (QED) is 0.441. The Morgan fingerprint density at radius 3 is 2.10 bits per heavy atom. The first-order valence-corrected chi connectivity index (χ1v) is 10.9. The van der Waals surface area contributed by atoms with E-state index in [0.29, 0.717) is 5.76 Å². The van der Waals surface area contributed by atoms with Crippen molar-refractivity contribution < 1.29 is 23.8 Å². The van der Waals surface area contributed by atoms with Gasteiger partial charge >= 0.3 is 12.2 Å². The van der Waals surface area contributed by atoms with Gasteiger partial charge in [-0.15, -0.1) is 0 Å². The molecule has 0 N–H and O–H groups in total. The number of carbonyl (C=O) groups excluding carboxylic acids is 2. The van der Waals surface area contributed by atoms with Crippen LogP contribution in [0.2, 0.25) is 0 Å². The molecule has 1 aromatic rings. The minimum atomic E-state index is -1.82. The van der Waals surface area contributed by atoms with Crippen molar-refractivity contribution in [3.8, 4) is 0 Å². The van der Waals surface area contributed by atoms with Crippen LogP contribution in [-0.4, -0.2) is 55.2 Å². The van der Waals surface area contributed by atoms with Crippen LogP contribution >= 0.6 is 69.6 Å². The summed E-state index contributed by atoms with van der Waals surface area (Å²) in [6, 6.07) is 8.49. The van der Waals surface area contributed by atoms with Gasteiger partial charge in [0.1, 0.15) is 19.0 Å². The van der Waals surface area contributed by atoms with E-state index in [2.05, 4.69) is 0 Å². The van der Waals surface area contributed by atoms with Gasteiger partial charge < -0.3 is 14.2 Å². The van der Waals surface area contributed by atoms with E-state index in [4.69, 9.17) is 83.8 Å². The molecule has 13 heteroatoms. The van der Waals surface area contributed by atoms with Gasteiger partial charge in [-0.1, -0.05) is 99.9 Å². The van der Waals surface area contributed by atoms with Gasteiger partial charge in [0.15, 0.2) is 0 Å². The van der Waals surface area contributed by atoms with Gasteiger partial charge in [-0.25, -0.2) is 19.4 Å². The topological polar surface area (TPSA) is 68.3 Å². The lowest BCUT2D eigenvalue weighted by Crippen LogP contribution is -2.60. The fourth-order valence-corrected chi connectivity index (χ4v) is 3.08. The Hall–Kier alpha value is -1.22. The van der Waals surface area contributed by atoms with Crippen LogP contribution in [-0.2, 0) is 14.2 Å². The molecule has 2 heterocycles. The third-order valence-corrected chi connectivity index (χ3v) is 4.65. The van der Waals surface area contributed by atoms with Gasteiger partial charge in [-0.2, -0.15) is 0 Å². The van der Waals surface area contributed by atoms with E-state index in [1.807, 2.05) is 30.3 Å². The molecule has 2 atom stereocenters. The van der Waals surface area contributed by atoms with E-state index in [-0.39, 0.29) is 0 Å². The third-order valence-electron chi connectivity index (χ3n) is 3.99. The first kappa shape index (κ1) is 24.4. The Balaban J connectivity index is 1.87. The number of alkyl halides is 6. The molecule has 3 rings (SSSR count). The second-order valence-corrected chi connectivity index (χ2v) is 11.4. The number of rotatable bonds is 3. The molecule has 0 aromatic heterocycles. The molecule has 0 fully saturated rings. The molecule has 0 saturated carbocycles. The van der Waals surface area contributed by atoms with Crippen molar-refractivity contribution in [1.82, 2.24) is 9.80 Å². The standard InChI is InChI=1S/C18H14Cl6N2O5/c19-17(20,21)9-29-15(27)25-7-6-12-8-13(11-4-2-1-3-5-11)31-14(25)26(12)16(28)30-10-18(22,23)24/h1-8,12,14H,9-10H2/t12-,14-/m1/s1. The normalized spacial score (nSPS) is 20.6. The third kappa shape index (κ3) is 6.63. The van der Waals surface area contributed by atoms with E-state index in [9.17, 15) is 9.59 Å². The highest BCUT2D eigenvalue weighted by molar-refractivity contribution is 6.68. The molecule has 168 valence electrons. The van der Waals surface area contributed by atoms with Crippen LogP contribution in [0.1, 0.15) is 5.56 Å². The van der Waals surface area contributed by atoms with Gasteiger partial charge in [-0.3, -0.25) is 0 Å². The summed E-state index contributed by atoms with van der Waals surface area (Å²) in [6.07, 6.45) is 1.58. The molecule has 7 nitrogen and oxygen atoms in total. The second kappa shape index (κ2) is 9.73. The van der Waals surface area contributed by atoms with Gasteiger partial charge in [0.05, 0.1) is 6.04 Å². The highest BCUT2D eigenvalue weighted by Gasteiger charge is 2.45. The summed E-state index contributed by atoms with van der Waals surface area (Å²) in [6.45, 7) is -1.03. The van der Waals surface area contributed by atoms with Crippen molar-refractivity contribution in [3.05, 3.63) is 54.2 Å². The lowest BCUT2D eigenvalue weighted by Gasteiger charge is -2.45. The van der Waals surface area contributed by atoms with E-state index in [0.717, 1.165) is 15.4 Å². The van der Waals surface area contributed by atoms with Crippen LogP contribution in [0, 0.1) is 0 Å². The molecule has 2 aliphatic rings. The van der Waals surface area contributed by atoms with Gasteiger partial charge in [-0.05, 0) is 12.2 Å². The number of halogens is 6. The molecule has 2 aliphatic heterocycles. The molecule has 0 radical (unpaired) electrons. The first-order valence-electron chi connectivity index (χ1n) is 8.60. The van der Waals surface area contributed by atoms with Crippen molar-refractivity contribution in [3.63, 3.8) is 0 Å². The van der Waals surface area contributed by atoms with E-state index in [1.54, 1.807) is 12.2 Å². The van der Waals surface area contributed by atoms with Crippen LogP contribution < -0.4 is 0 Å². The summed E-state index contributed by atoms with van der Waals surface area (Å²) in [5.74, 6) is 0.435. The van der Waals surface area contributed by atoms with Crippen LogP contribution in [0.5, 0.6) is 0 Å². The summed E-state index contributed by atoms with van der Waals surface area (Å²) in [5, 5.41) is 0. The van der Waals surface area contributed by atoms with Crippen LogP contribution in [0.15, 0.2) is 48.7 Å². The number of hydrogen-bond acceptors (Lipinski definition) is 5. The Bertz CT molecular complexity index is 884.